The summed E-state index contributed by atoms with van der Waals surface area (Å²) in [7, 11) is 0. The van der Waals surface area contributed by atoms with Crippen molar-refractivity contribution in [1.82, 2.24) is 14.5 Å². The number of anilines is 1. The van der Waals surface area contributed by atoms with Crippen LogP contribution >= 0.6 is 0 Å². The van der Waals surface area contributed by atoms with Crippen molar-refractivity contribution in [2.75, 3.05) is 5.32 Å². The van der Waals surface area contributed by atoms with E-state index in [-0.39, 0.29) is 35.1 Å². The maximum atomic E-state index is 14.5. The molecule has 1 atom stereocenters. The van der Waals surface area contributed by atoms with Gasteiger partial charge in [0.05, 0.1) is 22.5 Å². The van der Waals surface area contributed by atoms with E-state index in [2.05, 4.69) is 15.3 Å². The van der Waals surface area contributed by atoms with Crippen molar-refractivity contribution in [3.05, 3.63) is 64.1 Å². The summed E-state index contributed by atoms with van der Waals surface area (Å²) in [5.41, 5.74) is -3.84. The summed E-state index contributed by atoms with van der Waals surface area (Å²) in [5.74, 6) is -1.03. The Labute approximate surface area is 171 Å². The van der Waals surface area contributed by atoms with Crippen LogP contribution in [0.15, 0.2) is 41.6 Å². The number of fused-ring (bicyclic) bond motifs is 1. The molecule has 0 spiro atoms. The normalized spacial score (nSPS) is 16.5. The first-order valence-corrected chi connectivity index (χ1v) is 9.33. The molecule has 2 aromatic heterocycles. The minimum atomic E-state index is -4.61. The van der Waals surface area contributed by atoms with Gasteiger partial charge < -0.3 is 5.32 Å². The molecule has 1 N–H and O–H groups in total. The Morgan fingerprint density at radius 2 is 1.84 bits per heavy atom. The fourth-order valence-electron chi connectivity index (χ4n) is 3.61. The number of benzene rings is 1. The van der Waals surface area contributed by atoms with Crippen LogP contribution in [0.1, 0.15) is 43.4 Å². The number of alkyl halides is 5. The average molecular weight is 442 g/mol. The van der Waals surface area contributed by atoms with Gasteiger partial charge in [0.15, 0.2) is 0 Å². The summed E-state index contributed by atoms with van der Waals surface area (Å²) in [4.78, 5) is 20.3. The standard InChI is InChI=1S/C20H16F6N4O/c1-10(11-3-2-4-12(16(11)21)17(22)23)29-18-13-8-30(19(5-6-19)20(24,25)26)15(31)7-14(13)27-9-28-18/h2-4,7-10,17H,5-6H2,1H3,(H,27,28,29)/t10-/m1/s1. The van der Waals surface area contributed by atoms with Gasteiger partial charge in [0, 0.05) is 17.8 Å². The highest BCUT2D eigenvalue weighted by atomic mass is 19.4. The molecule has 5 nitrogen and oxygen atoms in total. The van der Waals surface area contributed by atoms with E-state index < -0.39 is 41.1 Å². The third kappa shape index (κ3) is 3.51. The molecule has 0 amide bonds. The number of pyridine rings is 1. The van der Waals surface area contributed by atoms with Crippen molar-refractivity contribution >= 4 is 16.7 Å². The van der Waals surface area contributed by atoms with E-state index in [0.717, 1.165) is 24.7 Å². The van der Waals surface area contributed by atoms with Gasteiger partial charge in [-0.3, -0.25) is 9.36 Å². The monoisotopic (exact) mass is 442 g/mol. The molecule has 11 heteroatoms. The molecular formula is C20H16F6N4O. The summed E-state index contributed by atoms with van der Waals surface area (Å²) in [6, 6.07) is 3.71. The molecule has 0 unspecified atom stereocenters. The summed E-state index contributed by atoms with van der Waals surface area (Å²) < 4.78 is 81.7. The second-order valence-corrected chi connectivity index (χ2v) is 7.45. The molecule has 4 rings (SSSR count). The highest BCUT2D eigenvalue weighted by Crippen LogP contribution is 2.54. The Bertz CT molecular complexity index is 1200. The van der Waals surface area contributed by atoms with E-state index in [1.54, 1.807) is 0 Å². The van der Waals surface area contributed by atoms with Gasteiger partial charge in [-0.1, -0.05) is 18.2 Å². The number of rotatable bonds is 5. The van der Waals surface area contributed by atoms with Crippen LogP contribution in [-0.2, 0) is 5.54 Å². The van der Waals surface area contributed by atoms with E-state index >= 15 is 0 Å². The van der Waals surface area contributed by atoms with E-state index in [1.807, 2.05) is 0 Å². The molecule has 1 saturated carbocycles. The van der Waals surface area contributed by atoms with Crippen molar-refractivity contribution in [3.8, 4) is 0 Å². The first-order chi connectivity index (χ1) is 14.5. The zero-order valence-electron chi connectivity index (χ0n) is 16.1. The van der Waals surface area contributed by atoms with E-state index in [0.29, 0.717) is 4.57 Å². The number of nitrogens with one attached hydrogen (secondary N) is 1. The van der Waals surface area contributed by atoms with Crippen molar-refractivity contribution in [3.63, 3.8) is 0 Å². The number of aromatic nitrogens is 3. The minimum Gasteiger partial charge on any atom is -0.363 e. The molecule has 0 radical (unpaired) electrons. The Morgan fingerprint density at radius 1 is 1.16 bits per heavy atom. The molecule has 2 heterocycles. The SMILES string of the molecule is C[C@@H](Nc1ncnc2cc(=O)n(C3(C(F)(F)F)CC3)cc12)c1cccc(C(F)F)c1F. The van der Waals surface area contributed by atoms with Gasteiger partial charge in [-0.05, 0) is 19.8 Å². The third-order valence-electron chi connectivity index (χ3n) is 5.50. The first-order valence-electron chi connectivity index (χ1n) is 9.33. The third-order valence-corrected chi connectivity index (χ3v) is 5.50. The molecule has 3 aromatic rings. The van der Waals surface area contributed by atoms with Crippen LogP contribution in [0.4, 0.5) is 32.2 Å². The molecular weight excluding hydrogens is 426 g/mol. The number of nitrogens with zero attached hydrogens (tertiary/aromatic N) is 3. The van der Waals surface area contributed by atoms with E-state index in [1.165, 1.54) is 19.1 Å². The second-order valence-electron chi connectivity index (χ2n) is 7.45. The smallest absolute Gasteiger partial charge is 0.363 e. The Hall–Kier alpha value is -3.11. The molecule has 0 aliphatic heterocycles. The fraction of sp³-hybridized carbons (Fsp3) is 0.350. The topological polar surface area (TPSA) is 59.8 Å². The van der Waals surface area contributed by atoms with Gasteiger partial charge in [-0.25, -0.2) is 23.1 Å². The molecule has 0 bridgehead atoms. The number of hydrogen-bond acceptors (Lipinski definition) is 4. The van der Waals surface area contributed by atoms with Crippen molar-refractivity contribution in [2.45, 2.75) is 43.9 Å². The summed E-state index contributed by atoms with van der Waals surface area (Å²) >= 11 is 0. The zero-order chi connectivity index (χ0) is 22.6. The maximum Gasteiger partial charge on any atom is 0.412 e. The van der Waals surface area contributed by atoms with E-state index in [9.17, 15) is 31.1 Å². The highest BCUT2D eigenvalue weighted by molar-refractivity contribution is 5.88. The Morgan fingerprint density at radius 3 is 2.45 bits per heavy atom. The van der Waals surface area contributed by atoms with Gasteiger partial charge in [0.1, 0.15) is 23.5 Å². The van der Waals surface area contributed by atoms with Crippen LogP contribution in [0.2, 0.25) is 0 Å². The summed E-state index contributed by atoms with van der Waals surface area (Å²) in [6.45, 7) is 1.50. The van der Waals surface area contributed by atoms with Crippen LogP contribution in [0, 0.1) is 5.82 Å². The van der Waals surface area contributed by atoms with Gasteiger partial charge in [-0.15, -0.1) is 0 Å². The van der Waals surface area contributed by atoms with Crippen LogP contribution in [0.3, 0.4) is 0 Å². The van der Waals surface area contributed by atoms with Crippen LogP contribution in [-0.4, -0.2) is 20.7 Å². The minimum absolute atomic E-state index is 0.0473. The van der Waals surface area contributed by atoms with Crippen LogP contribution < -0.4 is 10.9 Å². The Kier molecular flexibility index (Phi) is 4.94. The first kappa shape index (κ1) is 21.1. The van der Waals surface area contributed by atoms with Gasteiger partial charge in [-0.2, -0.15) is 13.2 Å². The van der Waals surface area contributed by atoms with E-state index in [4.69, 9.17) is 0 Å². The van der Waals surface area contributed by atoms with Gasteiger partial charge >= 0.3 is 6.18 Å². The quantitative estimate of drug-likeness (QED) is 0.559. The zero-order valence-corrected chi connectivity index (χ0v) is 16.1. The lowest BCUT2D eigenvalue weighted by molar-refractivity contribution is -0.180. The predicted octanol–water partition coefficient (Wildman–Crippen LogP) is 5.09. The molecule has 31 heavy (non-hydrogen) atoms. The Balaban J connectivity index is 1.77. The number of halogens is 6. The van der Waals surface area contributed by atoms with Crippen LogP contribution in [0.25, 0.3) is 10.9 Å². The predicted molar refractivity (Wildman–Crippen MR) is 100 cm³/mol. The highest BCUT2D eigenvalue weighted by Gasteiger charge is 2.65. The van der Waals surface area contributed by atoms with Gasteiger partial charge in [0.25, 0.3) is 12.0 Å². The lowest BCUT2D eigenvalue weighted by atomic mass is 10.0. The largest absolute Gasteiger partial charge is 0.412 e. The lowest BCUT2D eigenvalue weighted by Gasteiger charge is -2.23. The molecule has 0 saturated heterocycles. The second kappa shape index (κ2) is 7.24. The van der Waals surface area contributed by atoms with Crippen LogP contribution in [0.5, 0.6) is 0 Å². The number of hydrogen-bond donors (Lipinski definition) is 1. The van der Waals surface area contributed by atoms with Gasteiger partial charge in [0.2, 0.25) is 0 Å². The maximum absolute atomic E-state index is 14.5. The van der Waals surface area contributed by atoms with Crippen molar-refractivity contribution < 1.29 is 26.3 Å². The average Bonchev–Trinajstić information content (AvgIpc) is 3.49. The molecule has 1 aliphatic rings. The molecule has 164 valence electrons. The molecule has 1 aromatic carbocycles. The molecule has 1 fully saturated rings. The van der Waals surface area contributed by atoms with Crippen molar-refractivity contribution in [2.24, 2.45) is 0 Å². The fourth-order valence-corrected chi connectivity index (χ4v) is 3.61. The lowest BCUT2D eigenvalue weighted by Crippen LogP contribution is -2.41. The summed E-state index contributed by atoms with van der Waals surface area (Å²) in [6.07, 6.45) is -5.91. The summed E-state index contributed by atoms with van der Waals surface area (Å²) in [5, 5.41) is 2.95. The molecule has 1 aliphatic carbocycles. The van der Waals surface area contributed by atoms with Crippen molar-refractivity contribution in [1.29, 1.82) is 0 Å².